The van der Waals surface area contributed by atoms with E-state index in [1.54, 1.807) is 0 Å². The summed E-state index contributed by atoms with van der Waals surface area (Å²) in [6, 6.07) is -0.0507. The van der Waals surface area contributed by atoms with Crippen LogP contribution in [0.15, 0.2) is 0 Å². The third-order valence-corrected chi connectivity index (χ3v) is 3.16. The van der Waals surface area contributed by atoms with Gasteiger partial charge in [0.2, 0.25) is 5.91 Å². The molecule has 0 radical (unpaired) electrons. The molecule has 1 aliphatic rings. The molecule has 0 bridgehead atoms. The molecule has 1 amide bonds. The van der Waals surface area contributed by atoms with E-state index in [1.807, 2.05) is 0 Å². The van der Waals surface area contributed by atoms with Gasteiger partial charge in [0.25, 0.3) is 0 Å². The van der Waals surface area contributed by atoms with Crippen molar-refractivity contribution in [2.24, 2.45) is 5.92 Å². The van der Waals surface area contributed by atoms with Gasteiger partial charge in [-0.1, -0.05) is 25.7 Å². The summed E-state index contributed by atoms with van der Waals surface area (Å²) in [5.41, 5.74) is 0. The van der Waals surface area contributed by atoms with Crippen LogP contribution in [0.1, 0.15) is 45.4 Å². The van der Waals surface area contributed by atoms with Crippen molar-refractivity contribution in [1.82, 2.24) is 5.32 Å². The van der Waals surface area contributed by atoms with Crippen LogP contribution in [0, 0.1) is 5.92 Å². The maximum Gasteiger partial charge on any atom is 0.310 e. The van der Waals surface area contributed by atoms with E-state index < -0.39 is 0 Å². The number of hydrogen-bond acceptors (Lipinski definition) is 3. The van der Waals surface area contributed by atoms with Crippen molar-refractivity contribution in [3.05, 3.63) is 0 Å². The highest BCUT2D eigenvalue weighted by molar-refractivity contribution is 5.77. The Kier molecular flexibility index (Phi) is 5.29. The summed E-state index contributed by atoms with van der Waals surface area (Å²) >= 11 is 0. The first-order valence-corrected chi connectivity index (χ1v) is 6.00. The van der Waals surface area contributed by atoms with Crippen molar-refractivity contribution in [2.75, 3.05) is 7.11 Å². The molecule has 1 rings (SSSR count). The Balaban J connectivity index is 2.67. The number of carbonyl (C=O) groups excluding carboxylic acids is 2. The second-order valence-electron chi connectivity index (χ2n) is 4.43. The van der Waals surface area contributed by atoms with Gasteiger partial charge in [-0.15, -0.1) is 0 Å². The average molecular weight is 227 g/mol. The molecule has 0 spiro atoms. The van der Waals surface area contributed by atoms with Crippen LogP contribution in [0.25, 0.3) is 0 Å². The van der Waals surface area contributed by atoms with Gasteiger partial charge in [-0.2, -0.15) is 0 Å². The zero-order chi connectivity index (χ0) is 12.0. The molecule has 1 aliphatic carbocycles. The molecular weight excluding hydrogens is 206 g/mol. The third kappa shape index (κ3) is 3.83. The molecule has 1 N–H and O–H groups in total. The first kappa shape index (κ1) is 13.0. The summed E-state index contributed by atoms with van der Waals surface area (Å²) in [5.74, 6) is -0.436. The van der Waals surface area contributed by atoms with E-state index in [0.29, 0.717) is 0 Å². The van der Waals surface area contributed by atoms with Crippen LogP contribution in [0.4, 0.5) is 0 Å². The van der Waals surface area contributed by atoms with Gasteiger partial charge in [-0.05, 0) is 12.8 Å². The molecule has 1 fully saturated rings. The lowest BCUT2D eigenvalue weighted by Gasteiger charge is -2.27. The Bertz CT molecular complexity index is 253. The van der Waals surface area contributed by atoms with Gasteiger partial charge < -0.3 is 10.1 Å². The van der Waals surface area contributed by atoms with Crippen LogP contribution >= 0.6 is 0 Å². The fourth-order valence-corrected chi connectivity index (χ4v) is 2.35. The zero-order valence-electron chi connectivity index (χ0n) is 10.1. The van der Waals surface area contributed by atoms with Gasteiger partial charge >= 0.3 is 5.97 Å². The smallest absolute Gasteiger partial charge is 0.310 e. The lowest BCUT2D eigenvalue weighted by Crippen LogP contribution is -2.43. The van der Waals surface area contributed by atoms with E-state index in [9.17, 15) is 9.59 Å². The molecule has 0 aromatic heterocycles. The summed E-state index contributed by atoms with van der Waals surface area (Å²) in [6.07, 6.45) is 6.15. The van der Waals surface area contributed by atoms with Crippen LogP contribution in [-0.4, -0.2) is 25.0 Å². The van der Waals surface area contributed by atoms with Crippen LogP contribution in [-0.2, 0) is 14.3 Å². The summed E-state index contributed by atoms with van der Waals surface area (Å²) in [4.78, 5) is 22.8. The van der Waals surface area contributed by atoms with Gasteiger partial charge in [0, 0.05) is 13.0 Å². The van der Waals surface area contributed by atoms with Crippen molar-refractivity contribution in [3.63, 3.8) is 0 Å². The minimum absolute atomic E-state index is 0.0507. The van der Waals surface area contributed by atoms with Crippen molar-refractivity contribution < 1.29 is 14.3 Å². The molecule has 92 valence electrons. The Labute approximate surface area is 96.7 Å². The van der Waals surface area contributed by atoms with Crippen LogP contribution in [0.3, 0.4) is 0 Å². The zero-order valence-corrected chi connectivity index (χ0v) is 10.1. The number of carbonyl (C=O) groups is 2. The van der Waals surface area contributed by atoms with Gasteiger partial charge in [0.1, 0.15) is 0 Å². The molecule has 0 heterocycles. The van der Waals surface area contributed by atoms with Crippen molar-refractivity contribution >= 4 is 11.9 Å². The summed E-state index contributed by atoms with van der Waals surface area (Å²) in [7, 11) is 1.41. The number of rotatable bonds is 2. The van der Waals surface area contributed by atoms with Crippen molar-refractivity contribution in [2.45, 2.75) is 51.5 Å². The lowest BCUT2D eigenvalue weighted by atomic mass is 9.86. The molecule has 0 aromatic carbocycles. The predicted molar refractivity (Wildman–Crippen MR) is 60.8 cm³/mol. The van der Waals surface area contributed by atoms with E-state index in [-0.39, 0.29) is 23.8 Å². The Morgan fingerprint density at radius 2 is 1.75 bits per heavy atom. The number of hydrogen-bond donors (Lipinski definition) is 1. The third-order valence-electron chi connectivity index (χ3n) is 3.16. The fraction of sp³-hybridized carbons (Fsp3) is 0.833. The van der Waals surface area contributed by atoms with E-state index in [2.05, 4.69) is 5.32 Å². The molecule has 0 aliphatic heterocycles. The quantitative estimate of drug-likeness (QED) is 0.729. The molecule has 1 saturated carbocycles. The fourth-order valence-electron chi connectivity index (χ4n) is 2.35. The van der Waals surface area contributed by atoms with Gasteiger partial charge in [-0.25, -0.2) is 0 Å². The second kappa shape index (κ2) is 6.51. The summed E-state index contributed by atoms with van der Waals surface area (Å²) in [5, 5.41) is 2.88. The average Bonchev–Trinajstić information content (AvgIpc) is 2.21. The van der Waals surface area contributed by atoms with Gasteiger partial charge in [0.15, 0.2) is 0 Å². The van der Waals surface area contributed by atoms with Crippen LogP contribution in [0.2, 0.25) is 0 Å². The minimum atomic E-state index is -0.194. The second-order valence-corrected chi connectivity index (χ2v) is 4.43. The Morgan fingerprint density at radius 3 is 2.31 bits per heavy atom. The van der Waals surface area contributed by atoms with Gasteiger partial charge in [-0.3, -0.25) is 9.59 Å². The lowest BCUT2D eigenvalue weighted by molar-refractivity contribution is -0.147. The molecule has 0 unspecified atom stereocenters. The number of esters is 1. The first-order valence-electron chi connectivity index (χ1n) is 6.00. The number of nitrogens with one attached hydrogen (secondary N) is 1. The number of amides is 1. The van der Waals surface area contributed by atoms with E-state index in [0.717, 1.165) is 25.7 Å². The van der Waals surface area contributed by atoms with Gasteiger partial charge in [0.05, 0.1) is 13.0 Å². The van der Waals surface area contributed by atoms with Crippen LogP contribution < -0.4 is 5.32 Å². The Morgan fingerprint density at radius 1 is 1.12 bits per heavy atom. The molecule has 16 heavy (non-hydrogen) atoms. The predicted octanol–water partition coefficient (Wildman–Crippen LogP) is 1.63. The summed E-state index contributed by atoms with van der Waals surface area (Å²) in [6.45, 7) is 1.49. The van der Waals surface area contributed by atoms with Crippen LogP contribution in [0.5, 0.6) is 0 Å². The maximum absolute atomic E-state index is 11.7. The maximum atomic E-state index is 11.7. The van der Waals surface area contributed by atoms with E-state index in [4.69, 9.17) is 4.74 Å². The standard InChI is InChI=1S/C12H21NO3/c1-9(14)13-11-8-6-4-3-5-7-10(11)12(15)16-2/h10-11H,3-8H2,1-2H3,(H,13,14)/t10-,11+/m0/s1. The van der Waals surface area contributed by atoms with Crippen molar-refractivity contribution in [3.8, 4) is 0 Å². The molecular formula is C12H21NO3. The largest absolute Gasteiger partial charge is 0.469 e. The molecule has 0 saturated heterocycles. The first-order chi connectivity index (χ1) is 7.65. The summed E-state index contributed by atoms with van der Waals surface area (Å²) < 4.78 is 4.81. The highest BCUT2D eigenvalue weighted by Gasteiger charge is 2.30. The van der Waals surface area contributed by atoms with E-state index in [1.165, 1.54) is 26.9 Å². The molecule has 0 aromatic rings. The van der Waals surface area contributed by atoms with E-state index >= 15 is 0 Å². The topological polar surface area (TPSA) is 55.4 Å². The number of methoxy groups -OCH3 is 1. The molecule has 4 nitrogen and oxygen atoms in total. The minimum Gasteiger partial charge on any atom is -0.469 e. The molecule has 2 atom stereocenters. The SMILES string of the molecule is COC(=O)[C@H]1CCCCCC[C@H]1NC(C)=O. The molecule has 4 heteroatoms. The highest BCUT2D eigenvalue weighted by atomic mass is 16.5. The Hall–Kier alpha value is -1.06. The normalized spacial score (nSPS) is 26.4. The number of ether oxygens (including phenoxy) is 1. The van der Waals surface area contributed by atoms with Crippen molar-refractivity contribution in [1.29, 1.82) is 0 Å². The highest BCUT2D eigenvalue weighted by Crippen LogP contribution is 2.23. The monoisotopic (exact) mass is 227 g/mol.